The molecule has 164 valence electrons. The molecule has 6 nitrogen and oxygen atoms in total. The molecule has 0 saturated carbocycles. The largest absolute Gasteiger partial charge is 0.416 e. The number of aliphatic imine (C=N–C) groups is 1. The van der Waals surface area contributed by atoms with Crippen LogP contribution >= 0.6 is 0 Å². The van der Waals surface area contributed by atoms with Gasteiger partial charge in [-0.25, -0.2) is 13.1 Å². The van der Waals surface area contributed by atoms with Crippen LogP contribution in [-0.2, 0) is 35.0 Å². The molecule has 0 radical (unpaired) electrons. The summed E-state index contributed by atoms with van der Waals surface area (Å²) in [7, 11) is 1.41. The number of hydrogen-bond donors (Lipinski definition) is 2. The number of guanidine groups is 1. The van der Waals surface area contributed by atoms with Gasteiger partial charge in [0.15, 0.2) is 5.96 Å². The summed E-state index contributed by atoms with van der Waals surface area (Å²) in [4.78, 5) is 5.99. The number of nitrogens with zero attached hydrogens (tertiary/aromatic N) is 2. The zero-order valence-electron chi connectivity index (χ0n) is 17.0. The lowest BCUT2D eigenvalue weighted by Gasteiger charge is -2.22. The van der Waals surface area contributed by atoms with Crippen LogP contribution in [0.25, 0.3) is 0 Å². The van der Waals surface area contributed by atoms with Gasteiger partial charge >= 0.3 is 6.18 Å². The van der Waals surface area contributed by atoms with E-state index in [0.29, 0.717) is 30.2 Å². The fourth-order valence-electron chi connectivity index (χ4n) is 2.83. The van der Waals surface area contributed by atoms with Gasteiger partial charge in [0.2, 0.25) is 10.0 Å². The van der Waals surface area contributed by atoms with Gasteiger partial charge in [-0.2, -0.15) is 13.2 Å². The number of alkyl halides is 3. The lowest BCUT2D eigenvalue weighted by Crippen LogP contribution is -2.38. The molecule has 10 heteroatoms. The third-order valence-electron chi connectivity index (χ3n) is 4.38. The molecule has 0 unspecified atom stereocenters. The highest BCUT2D eigenvalue weighted by Gasteiger charge is 2.29. The smallest absolute Gasteiger partial charge is 0.352 e. The van der Waals surface area contributed by atoms with Gasteiger partial charge in [-0.1, -0.05) is 36.4 Å². The average Bonchev–Trinajstić information content (AvgIpc) is 2.68. The Morgan fingerprint density at radius 1 is 1.07 bits per heavy atom. The van der Waals surface area contributed by atoms with Gasteiger partial charge in [0.1, 0.15) is 0 Å². The van der Waals surface area contributed by atoms with Gasteiger partial charge in [-0.15, -0.1) is 0 Å². The molecule has 0 aliphatic rings. The van der Waals surface area contributed by atoms with Gasteiger partial charge in [-0.05, 0) is 35.9 Å². The molecule has 30 heavy (non-hydrogen) atoms. The van der Waals surface area contributed by atoms with Crippen molar-refractivity contribution in [1.82, 2.24) is 14.9 Å². The van der Waals surface area contributed by atoms with Gasteiger partial charge in [0.25, 0.3) is 0 Å². The van der Waals surface area contributed by atoms with E-state index in [2.05, 4.69) is 15.0 Å². The third-order valence-corrected chi connectivity index (χ3v) is 5.72. The fourth-order valence-corrected chi connectivity index (χ4v) is 3.60. The van der Waals surface area contributed by atoms with Crippen LogP contribution in [0.4, 0.5) is 13.2 Å². The summed E-state index contributed by atoms with van der Waals surface area (Å²) in [5.74, 6) is 0.447. The highest BCUT2D eigenvalue weighted by molar-refractivity contribution is 7.88. The molecule has 0 spiro atoms. The molecule has 2 rings (SSSR count). The van der Waals surface area contributed by atoms with E-state index in [-0.39, 0.29) is 5.75 Å². The van der Waals surface area contributed by atoms with E-state index < -0.39 is 21.8 Å². The Morgan fingerprint density at radius 3 is 2.27 bits per heavy atom. The van der Waals surface area contributed by atoms with Crippen molar-refractivity contribution >= 4 is 16.0 Å². The highest BCUT2D eigenvalue weighted by atomic mass is 32.2. The molecule has 0 bridgehead atoms. The minimum atomic E-state index is -4.36. The average molecular weight is 443 g/mol. The molecule has 2 aromatic rings. The SMILES string of the molecule is CN=C(NCc1cccc(CS(=O)(=O)NC)c1)N(C)Cc1ccc(C(F)(F)F)cc1. The summed E-state index contributed by atoms with van der Waals surface area (Å²) in [6.45, 7) is 0.787. The van der Waals surface area contributed by atoms with E-state index in [9.17, 15) is 21.6 Å². The predicted molar refractivity (Wildman–Crippen MR) is 111 cm³/mol. The Hall–Kier alpha value is -2.59. The normalized spacial score (nSPS) is 12.7. The maximum absolute atomic E-state index is 12.7. The number of benzene rings is 2. The van der Waals surface area contributed by atoms with Crippen LogP contribution in [0.2, 0.25) is 0 Å². The minimum absolute atomic E-state index is 0.111. The van der Waals surface area contributed by atoms with Gasteiger partial charge in [0.05, 0.1) is 11.3 Å². The van der Waals surface area contributed by atoms with Crippen molar-refractivity contribution in [2.24, 2.45) is 4.99 Å². The zero-order valence-corrected chi connectivity index (χ0v) is 17.8. The third kappa shape index (κ3) is 7.03. The molecule has 2 N–H and O–H groups in total. The van der Waals surface area contributed by atoms with E-state index >= 15 is 0 Å². The first kappa shape index (κ1) is 23.7. The molecular weight excluding hydrogens is 417 g/mol. The van der Waals surface area contributed by atoms with Crippen molar-refractivity contribution in [2.45, 2.75) is 25.0 Å². The summed E-state index contributed by atoms with van der Waals surface area (Å²) in [6, 6.07) is 12.2. The molecule has 0 heterocycles. The van der Waals surface area contributed by atoms with Crippen molar-refractivity contribution in [3.05, 3.63) is 70.8 Å². The second-order valence-electron chi connectivity index (χ2n) is 6.73. The van der Waals surface area contributed by atoms with Crippen molar-refractivity contribution in [3.63, 3.8) is 0 Å². The van der Waals surface area contributed by atoms with E-state index in [1.807, 2.05) is 6.07 Å². The molecule has 0 fully saturated rings. The molecule has 0 atom stereocenters. The van der Waals surface area contributed by atoms with E-state index in [1.54, 1.807) is 37.2 Å². The Balaban J connectivity index is 1.99. The monoisotopic (exact) mass is 442 g/mol. The maximum Gasteiger partial charge on any atom is 0.416 e. The highest BCUT2D eigenvalue weighted by Crippen LogP contribution is 2.29. The Bertz CT molecular complexity index is 974. The fraction of sp³-hybridized carbons (Fsp3) is 0.350. The molecule has 0 aliphatic heterocycles. The van der Waals surface area contributed by atoms with Crippen LogP contribution in [0.5, 0.6) is 0 Å². The van der Waals surface area contributed by atoms with Crippen LogP contribution < -0.4 is 10.0 Å². The van der Waals surface area contributed by atoms with E-state index in [1.165, 1.54) is 19.2 Å². The number of hydrogen-bond acceptors (Lipinski definition) is 3. The quantitative estimate of drug-likeness (QED) is 0.511. The predicted octanol–water partition coefficient (Wildman–Crippen LogP) is 2.96. The van der Waals surface area contributed by atoms with Gasteiger partial charge in [0, 0.05) is 27.2 Å². The van der Waals surface area contributed by atoms with Crippen molar-refractivity contribution in [3.8, 4) is 0 Å². The van der Waals surface area contributed by atoms with Crippen molar-refractivity contribution in [1.29, 1.82) is 0 Å². The van der Waals surface area contributed by atoms with Crippen LogP contribution in [-0.4, -0.2) is 40.4 Å². The van der Waals surface area contributed by atoms with Crippen molar-refractivity contribution in [2.75, 3.05) is 21.1 Å². The zero-order chi connectivity index (χ0) is 22.4. The van der Waals surface area contributed by atoms with Gasteiger partial charge < -0.3 is 10.2 Å². The first-order valence-electron chi connectivity index (χ1n) is 9.11. The number of halogens is 3. The van der Waals surface area contributed by atoms with Crippen LogP contribution in [0.15, 0.2) is 53.5 Å². The second-order valence-corrected chi connectivity index (χ2v) is 8.66. The molecule has 2 aromatic carbocycles. The number of sulfonamides is 1. The molecule has 0 saturated heterocycles. The molecule has 0 aliphatic carbocycles. The first-order valence-corrected chi connectivity index (χ1v) is 10.8. The number of nitrogens with one attached hydrogen (secondary N) is 2. The first-order chi connectivity index (χ1) is 14.0. The summed E-state index contributed by atoms with van der Waals surface area (Å²) in [5.41, 5.74) is 1.57. The summed E-state index contributed by atoms with van der Waals surface area (Å²) < 4.78 is 63.8. The summed E-state index contributed by atoms with van der Waals surface area (Å²) >= 11 is 0. The Morgan fingerprint density at radius 2 is 1.70 bits per heavy atom. The summed E-state index contributed by atoms with van der Waals surface area (Å²) in [5, 5.41) is 3.18. The Labute approximate surface area is 174 Å². The summed E-state index contributed by atoms with van der Waals surface area (Å²) in [6.07, 6.45) is -4.36. The minimum Gasteiger partial charge on any atom is -0.352 e. The van der Waals surface area contributed by atoms with Crippen molar-refractivity contribution < 1.29 is 21.6 Å². The van der Waals surface area contributed by atoms with Crippen LogP contribution in [0.3, 0.4) is 0 Å². The maximum atomic E-state index is 12.7. The molecular formula is C20H25F3N4O2S. The lowest BCUT2D eigenvalue weighted by atomic mass is 10.1. The molecule has 0 amide bonds. The second kappa shape index (κ2) is 9.94. The van der Waals surface area contributed by atoms with Gasteiger partial charge in [-0.3, -0.25) is 4.99 Å². The number of rotatable bonds is 7. The Kier molecular flexibility index (Phi) is 7.85. The topological polar surface area (TPSA) is 73.8 Å². The lowest BCUT2D eigenvalue weighted by molar-refractivity contribution is -0.137. The standard InChI is InChI=1S/C20H25F3N4O2S/c1-24-19(27(3)13-15-7-9-18(10-8-15)20(21,22)23)26-12-16-5-4-6-17(11-16)14-30(28,29)25-2/h4-11,25H,12-14H2,1-3H3,(H,24,26). The van der Waals surface area contributed by atoms with Crippen LogP contribution in [0.1, 0.15) is 22.3 Å². The van der Waals surface area contributed by atoms with E-state index in [4.69, 9.17) is 0 Å². The van der Waals surface area contributed by atoms with Crippen LogP contribution in [0, 0.1) is 0 Å². The molecule has 0 aromatic heterocycles. The van der Waals surface area contributed by atoms with E-state index in [0.717, 1.165) is 17.7 Å².